The Kier molecular flexibility index (Phi) is 44.4. The summed E-state index contributed by atoms with van der Waals surface area (Å²) < 4.78 is 59.4. The van der Waals surface area contributed by atoms with E-state index in [1.165, 1.54) is 135 Å². The number of allylic oxidation sites excluding steroid dienone is 8. The van der Waals surface area contributed by atoms with Crippen molar-refractivity contribution >= 4 is 16.4 Å². The molecule has 0 aliphatic carbocycles. The van der Waals surface area contributed by atoms with E-state index in [-0.39, 0.29) is 19.6 Å². The predicted molar refractivity (Wildman–Crippen MR) is 280 cm³/mol. The summed E-state index contributed by atoms with van der Waals surface area (Å²) in [5.74, 6) is -0.399. The Morgan fingerprint density at radius 1 is 0.565 bits per heavy atom. The number of hydrogen-bond donors (Lipinski definition) is 4. The van der Waals surface area contributed by atoms with Gasteiger partial charge in [0.05, 0.1) is 19.8 Å². The van der Waals surface area contributed by atoms with Crippen LogP contribution in [0.1, 0.15) is 239 Å². The predicted octanol–water partition coefficient (Wildman–Crippen LogP) is 13.5. The van der Waals surface area contributed by atoms with Gasteiger partial charge in [0, 0.05) is 13.0 Å². The molecule has 0 aromatic rings. The van der Waals surface area contributed by atoms with Crippen molar-refractivity contribution in [2.24, 2.45) is 0 Å². The summed E-state index contributed by atoms with van der Waals surface area (Å²) in [6.07, 6.45) is 50.0. The van der Waals surface area contributed by atoms with Crippen LogP contribution in [-0.2, 0) is 38.3 Å². The summed E-state index contributed by atoms with van der Waals surface area (Å²) in [7, 11) is -5.07. The van der Waals surface area contributed by atoms with Crippen LogP contribution in [0.2, 0.25) is 0 Å². The van der Waals surface area contributed by atoms with Crippen molar-refractivity contribution in [3.05, 3.63) is 48.6 Å². The topological polar surface area (TPSA) is 178 Å². The highest BCUT2D eigenvalue weighted by atomic mass is 32.3. The van der Waals surface area contributed by atoms with E-state index < -0.39 is 59.8 Å². The molecule has 1 rings (SSSR count). The van der Waals surface area contributed by atoms with Crippen LogP contribution >= 0.6 is 0 Å². The molecule has 0 aromatic carbocycles. The molecule has 13 heteroatoms. The van der Waals surface area contributed by atoms with Gasteiger partial charge in [-0.05, 0) is 51.4 Å². The summed E-state index contributed by atoms with van der Waals surface area (Å²) in [6.45, 7) is 3.89. The first-order chi connectivity index (χ1) is 33.6. The molecule has 6 unspecified atom stereocenters. The van der Waals surface area contributed by atoms with Crippen LogP contribution in [0, 0.1) is 0 Å². The second kappa shape index (κ2) is 47.1. The van der Waals surface area contributed by atoms with Crippen molar-refractivity contribution in [3.8, 4) is 0 Å². The Morgan fingerprint density at radius 3 is 1.46 bits per heavy atom. The van der Waals surface area contributed by atoms with Gasteiger partial charge in [0.25, 0.3) is 0 Å². The smallest absolute Gasteiger partial charge is 0.397 e. The van der Waals surface area contributed by atoms with Gasteiger partial charge in [-0.3, -0.25) is 9.35 Å². The van der Waals surface area contributed by atoms with Crippen LogP contribution in [0.3, 0.4) is 0 Å². The second-order valence-corrected chi connectivity index (χ2v) is 20.2. The average Bonchev–Trinajstić information content (AvgIpc) is 3.32. The van der Waals surface area contributed by atoms with E-state index in [4.69, 9.17) is 18.9 Å². The minimum absolute atomic E-state index is 0.0300. The Balaban J connectivity index is 2.32. The van der Waals surface area contributed by atoms with E-state index in [1.807, 2.05) is 0 Å². The third-order valence-corrected chi connectivity index (χ3v) is 13.2. The molecule has 1 saturated heterocycles. The molecule has 1 aliphatic heterocycles. The van der Waals surface area contributed by atoms with Gasteiger partial charge in [-0.25, -0.2) is 4.18 Å². The number of aliphatic hydroxyl groups excluding tert-OH is 3. The van der Waals surface area contributed by atoms with E-state index >= 15 is 0 Å². The number of rotatable bonds is 49. The van der Waals surface area contributed by atoms with Crippen molar-refractivity contribution in [3.63, 3.8) is 0 Å². The molecular weight excluding hydrogens is 897 g/mol. The summed E-state index contributed by atoms with van der Waals surface area (Å²) in [6, 6.07) is 0. The summed E-state index contributed by atoms with van der Waals surface area (Å²) in [5, 5.41) is 30.8. The zero-order chi connectivity index (χ0) is 50.3. The van der Waals surface area contributed by atoms with Crippen molar-refractivity contribution in [1.29, 1.82) is 0 Å². The first-order valence-corrected chi connectivity index (χ1v) is 29.3. The Labute approximate surface area is 421 Å². The number of unbranched alkanes of at least 4 members (excludes halogenated alkanes) is 28. The number of hydrogen-bond acceptors (Lipinski definition) is 11. The lowest BCUT2D eigenvalue weighted by molar-refractivity contribution is -0.301. The molecule has 1 aliphatic rings. The van der Waals surface area contributed by atoms with Gasteiger partial charge in [0.2, 0.25) is 0 Å². The Morgan fingerprint density at radius 2 is 1.00 bits per heavy atom. The lowest BCUT2D eigenvalue weighted by atomic mass is 9.99. The highest BCUT2D eigenvalue weighted by Crippen LogP contribution is 2.26. The second-order valence-electron chi connectivity index (χ2n) is 19.2. The van der Waals surface area contributed by atoms with Crippen LogP contribution in [0.4, 0.5) is 0 Å². The number of ether oxygens (including phenoxy) is 4. The summed E-state index contributed by atoms with van der Waals surface area (Å²) in [4.78, 5) is 12.9. The zero-order valence-corrected chi connectivity index (χ0v) is 44.4. The maximum atomic E-state index is 12.9. The molecule has 6 atom stereocenters. The number of carbonyl (C=O) groups is 1. The largest absolute Gasteiger partial charge is 0.457 e. The fourth-order valence-electron chi connectivity index (χ4n) is 8.55. The van der Waals surface area contributed by atoms with Crippen molar-refractivity contribution < 1.29 is 56.2 Å². The molecular formula is C56H102O12S. The number of carbonyl (C=O) groups excluding carboxylic acids is 1. The van der Waals surface area contributed by atoms with Crippen molar-refractivity contribution in [2.45, 2.75) is 275 Å². The molecule has 404 valence electrons. The quantitative estimate of drug-likeness (QED) is 0.0196. The molecule has 69 heavy (non-hydrogen) atoms. The SMILES string of the molecule is CC/C=C\C/C=C\C/C=C\C/C=C\CCCCCCCCCOCC(COC1OC(CO)C(O)C(OS(=O)(=O)O)C1O)OC(=O)CCCCCCCCCCCCCCCCCCCCCCCC. The highest BCUT2D eigenvalue weighted by Gasteiger charge is 2.48. The van der Waals surface area contributed by atoms with Crippen LogP contribution in [0.5, 0.6) is 0 Å². The highest BCUT2D eigenvalue weighted by molar-refractivity contribution is 7.80. The number of esters is 1. The molecule has 0 saturated carbocycles. The molecule has 12 nitrogen and oxygen atoms in total. The van der Waals surface area contributed by atoms with E-state index in [1.54, 1.807) is 0 Å². The van der Waals surface area contributed by atoms with E-state index in [0.29, 0.717) is 13.0 Å². The minimum Gasteiger partial charge on any atom is -0.457 e. The lowest BCUT2D eigenvalue weighted by Gasteiger charge is -2.41. The third kappa shape index (κ3) is 40.3. The van der Waals surface area contributed by atoms with Crippen LogP contribution in [-0.4, -0.2) is 97.5 Å². The molecule has 0 amide bonds. The fraction of sp³-hybridized carbons (Fsp3) is 0.839. The molecule has 0 bridgehead atoms. The van der Waals surface area contributed by atoms with Gasteiger partial charge in [-0.1, -0.05) is 229 Å². The standard InChI is InChI=1S/C56H102O12S/c1-3-5-7-9-11-13-15-17-19-21-23-25-26-27-29-31-33-35-37-39-41-43-45-52(58)66-50(49-65-56-54(60)55(68-69(61,62)63)53(59)51(47-57)67-56)48-64-46-44-42-40-38-36-34-32-30-28-24-22-20-18-16-14-12-10-8-6-4-2/h6,8,12,14,18,20,24,28,50-51,53-57,59-60H,3-5,7,9-11,13,15-17,19,21-23,25-27,29-49H2,1-2H3,(H,61,62,63)/b8-6-,14-12-,20-18-,28-24-. The van der Waals surface area contributed by atoms with Gasteiger partial charge in [0.1, 0.15) is 30.5 Å². The van der Waals surface area contributed by atoms with Gasteiger partial charge in [-0.2, -0.15) is 8.42 Å². The van der Waals surface area contributed by atoms with Gasteiger partial charge < -0.3 is 34.3 Å². The molecule has 0 aromatic heterocycles. The summed E-state index contributed by atoms with van der Waals surface area (Å²) >= 11 is 0. The summed E-state index contributed by atoms with van der Waals surface area (Å²) in [5.41, 5.74) is 0. The number of aliphatic hydroxyl groups is 3. The average molecular weight is 999 g/mol. The van der Waals surface area contributed by atoms with E-state index in [0.717, 1.165) is 77.0 Å². The van der Waals surface area contributed by atoms with Crippen LogP contribution in [0.25, 0.3) is 0 Å². The molecule has 4 N–H and O–H groups in total. The lowest BCUT2D eigenvalue weighted by Crippen LogP contribution is -2.60. The Hall–Kier alpha value is -1.94. The fourth-order valence-corrected chi connectivity index (χ4v) is 9.06. The molecule has 1 heterocycles. The first-order valence-electron chi connectivity index (χ1n) is 27.9. The molecule has 0 radical (unpaired) electrons. The van der Waals surface area contributed by atoms with Crippen LogP contribution < -0.4 is 0 Å². The van der Waals surface area contributed by atoms with Crippen molar-refractivity contribution in [2.75, 3.05) is 26.4 Å². The van der Waals surface area contributed by atoms with Gasteiger partial charge in [0.15, 0.2) is 6.29 Å². The zero-order valence-electron chi connectivity index (χ0n) is 43.6. The maximum Gasteiger partial charge on any atom is 0.397 e. The van der Waals surface area contributed by atoms with E-state index in [2.05, 4.69) is 66.6 Å². The normalized spacial score (nSPS) is 19.5. The van der Waals surface area contributed by atoms with Crippen LogP contribution in [0.15, 0.2) is 48.6 Å². The minimum atomic E-state index is -5.07. The first kappa shape index (κ1) is 65.1. The van der Waals surface area contributed by atoms with Crippen molar-refractivity contribution in [1.82, 2.24) is 0 Å². The Bertz CT molecular complexity index is 1380. The van der Waals surface area contributed by atoms with Gasteiger partial charge in [-0.15, -0.1) is 0 Å². The molecule has 0 spiro atoms. The molecule has 1 fully saturated rings. The maximum absolute atomic E-state index is 12.9. The third-order valence-electron chi connectivity index (χ3n) is 12.7. The van der Waals surface area contributed by atoms with E-state index in [9.17, 15) is 33.1 Å². The van der Waals surface area contributed by atoms with Gasteiger partial charge >= 0.3 is 16.4 Å². The monoisotopic (exact) mass is 999 g/mol.